The smallest absolute Gasteiger partial charge is 0.308 e. The number of rotatable bonds is 3. The minimum Gasteiger partial charge on any atom is -0.308 e. The lowest BCUT2D eigenvalue weighted by molar-refractivity contribution is 0.967. The average Bonchev–Trinajstić information content (AvgIpc) is 3.76. The normalized spacial score (nSPS) is 14.8. The fourth-order valence-electron chi connectivity index (χ4n) is 8.02. The zero-order valence-electron chi connectivity index (χ0n) is 25.0. The summed E-state index contributed by atoms with van der Waals surface area (Å²) in [4.78, 5) is 0. The maximum Gasteiger partial charge on any atom is 0.344 e. The van der Waals surface area contributed by atoms with Gasteiger partial charge in [-0.15, -0.1) is 0 Å². The van der Waals surface area contributed by atoms with Crippen molar-refractivity contribution in [3.63, 3.8) is 0 Å². The Bertz CT molecular complexity index is 2670. The summed E-state index contributed by atoms with van der Waals surface area (Å²) in [6, 6.07) is 44.3. The molecule has 8 aromatic rings. The zero-order chi connectivity index (χ0) is 29.6. The van der Waals surface area contributed by atoms with Gasteiger partial charge in [-0.1, -0.05) is 101 Å². The van der Waals surface area contributed by atoms with Crippen molar-refractivity contribution in [3.8, 4) is 0 Å². The molecule has 0 saturated heterocycles. The largest absolute Gasteiger partial charge is 0.344 e. The van der Waals surface area contributed by atoms with Gasteiger partial charge < -0.3 is 4.40 Å². The van der Waals surface area contributed by atoms with Gasteiger partial charge in [-0.2, -0.15) is 0 Å². The van der Waals surface area contributed by atoms with Crippen LogP contribution in [0.4, 0.5) is 0 Å². The summed E-state index contributed by atoms with van der Waals surface area (Å²) in [6.45, 7) is 2.31. The third kappa shape index (κ3) is 3.32. The summed E-state index contributed by atoms with van der Waals surface area (Å²) in [5, 5.41) is 7.75. The van der Waals surface area contributed by atoms with Gasteiger partial charge >= 0.3 is 11.4 Å². The SMILES string of the molecule is CC1=C(c2cc3c4ccccc4n4c5ccc6ccccc6c5c(c2C2=[N+]=C(c5ccccc5)c5ccccc52)c34)C=CCC1. The van der Waals surface area contributed by atoms with Crippen molar-refractivity contribution in [2.75, 3.05) is 0 Å². The van der Waals surface area contributed by atoms with Crippen LogP contribution >= 0.6 is 0 Å². The molecule has 2 aliphatic rings. The van der Waals surface area contributed by atoms with E-state index in [2.05, 4.69) is 145 Å². The Hall–Kier alpha value is -5.69. The topological polar surface area (TPSA) is 18.5 Å². The lowest BCUT2D eigenvalue weighted by Crippen LogP contribution is -2.09. The molecule has 1 aliphatic heterocycles. The molecule has 2 heteroatoms. The van der Waals surface area contributed by atoms with Gasteiger partial charge in [0.15, 0.2) is 0 Å². The van der Waals surface area contributed by atoms with Crippen molar-refractivity contribution >= 4 is 65.9 Å². The minimum atomic E-state index is 1.04. The molecule has 10 rings (SSSR count). The number of benzene rings is 6. The van der Waals surface area contributed by atoms with Gasteiger partial charge in [0.25, 0.3) is 0 Å². The summed E-state index contributed by atoms with van der Waals surface area (Å²) in [5.41, 5.74) is 14.7. The van der Waals surface area contributed by atoms with Crippen molar-refractivity contribution in [2.45, 2.75) is 19.8 Å². The number of fused-ring (bicyclic) bond motifs is 9. The Kier molecular flexibility index (Phi) is 5.03. The highest BCUT2D eigenvalue weighted by molar-refractivity contribution is 6.39. The Morgan fingerprint density at radius 2 is 1.33 bits per heavy atom. The summed E-state index contributed by atoms with van der Waals surface area (Å²) in [6.07, 6.45) is 6.86. The fraction of sp³-hybridized carbons (Fsp3) is 0.0698. The maximum absolute atomic E-state index is 5.60. The number of hydrogen-bond acceptors (Lipinski definition) is 0. The van der Waals surface area contributed by atoms with Gasteiger partial charge in [0.2, 0.25) is 0 Å². The average molecular weight is 574 g/mol. The molecule has 0 saturated carbocycles. The molecule has 0 amide bonds. The molecule has 210 valence electrons. The van der Waals surface area contributed by atoms with E-state index in [1.165, 1.54) is 82.3 Å². The number of para-hydroxylation sites is 1. The first kappa shape index (κ1) is 24.7. The van der Waals surface area contributed by atoms with E-state index in [4.69, 9.17) is 4.67 Å². The Balaban J connectivity index is 1.50. The second-order valence-corrected chi connectivity index (χ2v) is 12.5. The van der Waals surface area contributed by atoms with Gasteiger partial charge in [-0.3, -0.25) is 0 Å². The summed E-state index contributed by atoms with van der Waals surface area (Å²) < 4.78 is 8.11. The fourth-order valence-corrected chi connectivity index (χ4v) is 8.02. The van der Waals surface area contributed by atoms with Gasteiger partial charge in [0, 0.05) is 21.5 Å². The van der Waals surface area contributed by atoms with Crippen LogP contribution in [0.1, 0.15) is 47.6 Å². The van der Waals surface area contributed by atoms with Crippen LogP contribution in [0.25, 0.3) is 54.4 Å². The van der Waals surface area contributed by atoms with Crippen LogP contribution < -0.4 is 4.67 Å². The highest BCUT2D eigenvalue weighted by atomic mass is 14.9. The lowest BCUT2D eigenvalue weighted by Gasteiger charge is -2.16. The molecule has 0 fully saturated rings. The maximum atomic E-state index is 5.60. The van der Waals surface area contributed by atoms with Crippen molar-refractivity contribution in [1.82, 2.24) is 9.07 Å². The van der Waals surface area contributed by atoms with E-state index >= 15 is 0 Å². The molecule has 0 N–H and O–H groups in total. The van der Waals surface area contributed by atoms with E-state index in [-0.39, 0.29) is 0 Å². The van der Waals surface area contributed by atoms with Crippen molar-refractivity contribution < 1.29 is 0 Å². The van der Waals surface area contributed by atoms with Crippen LogP contribution in [-0.2, 0) is 0 Å². The predicted molar refractivity (Wildman–Crippen MR) is 191 cm³/mol. The molecular formula is C43H29N2+. The van der Waals surface area contributed by atoms with Gasteiger partial charge in [-0.05, 0) is 84.1 Å². The standard InChI is InChI=1S/C43H29N2/c1-26-13-5-7-17-29(26)34-25-35-31-19-11-12-22-36(31)45-37-24-23-27-14-6-8-18-30(27)38(37)40(43(35)45)39(34)42-33-21-10-9-20-32(33)41(44-42)28-15-3-2-4-16-28/h2-4,6-12,14-25H,5,13H2,1H3/q+1. The van der Waals surface area contributed by atoms with E-state index in [1.54, 1.807) is 0 Å². The molecule has 45 heavy (non-hydrogen) atoms. The van der Waals surface area contributed by atoms with Gasteiger partial charge in [-0.25, -0.2) is 0 Å². The molecule has 0 unspecified atom stereocenters. The van der Waals surface area contributed by atoms with E-state index in [0.29, 0.717) is 0 Å². The molecule has 2 nitrogen and oxygen atoms in total. The van der Waals surface area contributed by atoms with E-state index < -0.39 is 0 Å². The molecule has 0 spiro atoms. The molecule has 0 bridgehead atoms. The van der Waals surface area contributed by atoms with Crippen LogP contribution in [0, 0.1) is 0 Å². The molecule has 1 aliphatic carbocycles. The molecule has 6 aromatic carbocycles. The third-order valence-corrected chi connectivity index (χ3v) is 10.0. The quantitative estimate of drug-likeness (QED) is 0.187. The van der Waals surface area contributed by atoms with E-state index in [1.807, 2.05) is 0 Å². The number of hydrogen-bond donors (Lipinski definition) is 0. The van der Waals surface area contributed by atoms with E-state index in [9.17, 15) is 0 Å². The van der Waals surface area contributed by atoms with Crippen molar-refractivity contribution in [2.24, 2.45) is 0 Å². The van der Waals surface area contributed by atoms with Crippen LogP contribution in [0.2, 0.25) is 0 Å². The summed E-state index contributed by atoms with van der Waals surface area (Å²) in [7, 11) is 0. The highest BCUT2D eigenvalue weighted by Crippen LogP contribution is 2.47. The minimum absolute atomic E-state index is 1.04. The Morgan fingerprint density at radius 1 is 0.600 bits per heavy atom. The number of nitrogens with zero attached hydrogens (tertiary/aromatic N) is 2. The third-order valence-electron chi connectivity index (χ3n) is 10.0. The molecule has 2 aromatic heterocycles. The second-order valence-electron chi connectivity index (χ2n) is 12.5. The zero-order valence-corrected chi connectivity index (χ0v) is 25.0. The van der Waals surface area contributed by atoms with Crippen LogP contribution in [-0.4, -0.2) is 15.8 Å². The first-order valence-electron chi connectivity index (χ1n) is 15.9. The number of aromatic nitrogens is 1. The molecule has 0 radical (unpaired) electrons. The first-order chi connectivity index (χ1) is 22.3. The van der Waals surface area contributed by atoms with Crippen LogP contribution in [0.3, 0.4) is 0 Å². The Morgan fingerprint density at radius 3 is 2.18 bits per heavy atom. The van der Waals surface area contributed by atoms with Crippen LogP contribution in [0.15, 0.2) is 139 Å². The van der Waals surface area contributed by atoms with Crippen LogP contribution in [0.5, 0.6) is 0 Å². The number of allylic oxidation sites excluding steroid dienone is 4. The van der Waals surface area contributed by atoms with Crippen molar-refractivity contribution in [1.29, 1.82) is 0 Å². The van der Waals surface area contributed by atoms with E-state index in [0.717, 1.165) is 29.8 Å². The van der Waals surface area contributed by atoms with Gasteiger partial charge in [0.05, 0.1) is 38.8 Å². The lowest BCUT2D eigenvalue weighted by atomic mass is 9.83. The molecular weight excluding hydrogens is 544 g/mol. The second kappa shape index (κ2) is 9.16. The highest BCUT2D eigenvalue weighted by Gasteiger charge is 2.38. The first-order valence-corrected chi connectivity index (χ1v) is 15.9. The Labute approximate surface area is 261 Å². The predicted octanol–water partition coefficient (Wildman–Crippen LogP) is 9.87. The molecule has 3 heterocycles. The van der Waals surface area contributed by atoms with Crippen molar-refractivity contribution in [3.05, 3.63) is 167 Å². The van der Waals surface area contributed by atoms with Gasteiger partial charge in [0.1, 0.15) is 0 Å². The molecule has 0 atom stereocenters. The monoisotopic (exact) mass is 573 g/mol. The summed E-state index contributed by atoms with van der Waals surface area (Å²) >= 11 is 0. The summed E-state index contributed by atoms with van der Waals surface area (Å²) in [5.74, 6) is 0.